The number of cyclic esters (lactones) is 1. The van der Waals surface area contributed by atoms with Crippen LogP contribution in [0.25, 0.3) is 0 Å². The van der Waals surface area contributed by atoms with Gasteiger partial charge < -0.3 is 28.5 Å². The number of aliphatic hydroxyl groups is 1. The Balaban J connectivity index is 1.52. The molecule has 11 atom stereocenters. The molecule has 1 aromatic heterocycles. The Morgan fingerprint density at radius 1 is 1.17 bits per heavy atom. The van der Waals surface area contributed by atoms with Crippen LogP contribution in [0.1, 0.15) is 85.3 Å². The lowest BCUT2D eigenvalue weighted by molar-refractivity contribution is -0.252. The van der Waals surface area contributed by atoms with Crippen molar-refractivity contribution in [1.82, 2.24) is 0 Å². The smallest absolute Gasteiger partial charge is 0.309 e. The minimum Gasteiger partial charge on any atom is -0.472 e. The second kappa shape index (κ2) is 9.14. The molecule has 1 aromatic rings. The second-order valence-corrected chi connectivity index (χ2v) is 14.3. The third kappa shape index (κ3) is 3.45. The third-order valence-corrected chi connectivity index (χ3v) is 12.1. The van der Waals surface area contributed by atoms with E-state index in [1.807, 2.05) is 27.7 Å². The summed E-state index contributed by atoms with van der Waals surface area (Å²) in [6.45, 7) is 11.2. The zero-order valence-corrected chi connectivity index (χ0v) is 25.4. The number of Topliss-reactive ketones (excluding diaryl/α,β-unsaturated/α-hetero) is 1. The molecule has 2 aliphatic heterocycles. The molecule has 0 amide bonds. The molecular formula is C32H42O10. The number of esters is 3. The highest BCUT2D eigenvalue weighted by atomic mass is 16.6. The van der Waals surface area contributed by atoms with Gasteiger partial charge in [0.05, 0.1) is 32.0 Å². The molecule has 3 aliphatic carbocycles. The minimum atomic E-state index is -2.17. The zero-order chi connectivity index (χ0) is 30.6. The highest BCUT2D eigenvalue weighted by Crippen LogP contribution is 2.78. The molecule has 5 aliphatic rings. The average molecular weight is 587 g/mol. The van der Waals surface area contributed by atoms with Crippen molar-refractivity contribution in [3.8, 4) is 0 Å². The maximum Gasteiger partial charge on any atom is 0.309 e. The van der Waals surface area contributed by atoms with E-state index in [0.717, 1.165) is 5.56 Å². The molecule has 10 heteroatoms. The Labute approximate surface area is 245 Å². The van der Waals surface area contributed by atoms with Gasteiger partial charge in [0.25, 0.3) is 0 Å². The Morgan fingerprint density at radius 3 is 2.50 bits per heavy atom. The number of carbonyl (C=O) groups is 4. The van der Waals surface area contributed by atoms with Crippen molar-refractivity contribution in [3.05, 3.63) is 24.2 Å². The van der Waals surface area contributed by atoms with E-state index in [-0.39, 0.29) is 12.8 Å². The maximum absolute atomic E-state index is 14.7. The molecule has 3 heterocycles. The molecule has 42 heavy (non-hydrogen) atoms. The number of furan rings is 1. The molecule has 3 saturated carbocycles. The first kappa shape index (κ1) is 29.4. The lowest BCUT2D eigenvalue weighted by atomic mass is 9.36. The Hall–Kier alpha value is -2.72. The van der Waals surface area contributed by atoms with Gasteiger partial charge in [-0.05, 0) is 31.2 Å². The number of methoxy groups -OCH3 is 1. The van der Waals surface area contributed by atoms with Crippen LogP contribution in [0.15, 0.2) is 23.0 Å². The quantitative estimate of drug-likeness (QED) is 0.296. The van der Waals surface area contributed by atoms with Gasteiger partial charge in [0.1, 0.15) is 23.9 Å². The highest BCUT2D eigenvalue weighted by molar-refractivity contribution is 5.99. The molecule has 1 spiro atoms. The van der Waals surface area contributed by atoms with Gasteiger partial charge in [0.2, 0.25) is 0 Å². The van der Waals surface area contributed by atoms with Crippen molar-refractivity contribution in [2.75, 3.05) is 7.11 Å². The molecule has 6 rings (SSSR count). The summed E-state index contributed by atoms with van der Waals surface area (Å²) in [5.74, 6) is -3.77. The van der Waals surface area contributed by atoms with Crippen molar-refractivity contribution in [1.29, 1.82) is 0 Å². The normalized spacial score (nSPS) is 45.4. The Bertz CT molecular complexity index is 1320. The number of hydrogen-bond donors (Lipinski definition) is 1. The van der Waals surface area contributed by atoms with Crippen molar-refractivity contribution >= 4 is 23.7 Å². The van der Waals surface area contributed by atoms with Crippen LogP contribution in [0.5, 0.6) is 0 Å². The summed E-state index contributed by atoms with van der Waals surface area (Å²) in [7, 11) is 1.30. The van der Waals surface area contributed by atoms with Crippen molar-refractivity contribution in [3.63, 3.8) is 0 Å². The van der Waals surface area contributed by atoms with Crippen molar-refractivity contribution in [2.24, 2.45) is 39.9 Å². The first-order chi connectivity index (χ1) is 19.6. The molecule has 2 bridgehead atoms. The Morgan fingerprint density at radius 2 is 1.88 bits per heavy atom. The van der Waals surface area contributed by atoms with Crippen LogP contribution < -0.4 is 0 Å². The minimum absolute atomic E-state index is 0.0561. The van der Waals surface area contributed by atoms with E-state index in [1.54, 1.807) is 25.5 Å². The lowest BCUT2D eigenvalue weighted by Crippen LogP contribution is -2.80. The van der Waals surface area contributed by atoms with E-state index < -0.39 is 93.1 Å². The van der Waals surface area contributed by atoms with Gasteiger partial charge in [-0.2, -0.15) is 0 Å². The SMILES string of the molecule is CCC(C)C(=O)O[C@H]1C(C)(C)[C@H](CC(=O)OC)[C@@]2(C)C(=O)[C@]1(O)C1OC13C2CC[C@]1(C)C3CC(=O)O[C@H]1c1ccoc1. The number of carbonyl (C=O) groups excluding carboxylic acids is 4. The fourth-order valence-corrected chi connectivity index (χ4v) is 9.83. The third-order valence-electron chi connectivity index (χ3n) is 12.1. The van der Waals surface area contributed by atoms with E-state index in [0.29, 0.717) is 19.3 Å². The van der Waals surface area contributed by atoms with Crippen LogP contribution in [-0.2, 0) is 38.1 Å². The van der Waals surface area contributed by atoms with Crippen LogP contribution in [-0.4, -0.2) is 59.3 Å². The summed E-state index contributed by atoms with van der Waals surface area (Å²) in [6.07, 6.45) is 1.92. The average Bonchev–Trinajstić information content (AvgIpc) is 3.44. The van der Waals surface area contributed by atoms with Crippen LogP contribution in [0.2, 0.25) is 0 Å². The molecule has 1 N–H and O–H groups in total. The summed E-state index contributed by atoms with van der Waals surface area (Å²) in [5, 5.41) is 12.7. The number of ketones is 1. The Kier molecular flexibility index (Phi) is 6.39. The van der Waals surface area contributed by atoms with Crippen LogP contribution >= 0.6 is 0 Å². The summed E-state index contributed by atoms with van der Waals surface area (Å²) < 4.78 is 29.1. The molecule has 10 nitrogen and oxygen atoms in total. The first-order valence-corrected chi connectivity index (χ1v) is 15.1. The van der Waals surface area contributed by atoms with Gasteiger partial charge in [-0.25, -0.2) is 0 Å². The predicted molar refractivity (Wildman–Crippen MR) is 145 cm³/mol. The number of rotatable bonds is 6. The second-order valence-electron chi connectivity index (χ2n) is 14.3. The topological polar surface area (TPSA) is 142 Å². The number of epoxide rings is 1. The molecule has 0 radical (unpaired) electrons. The predicted octanol–water partition coefficient (Wildman–Crippen LogP) is 3.93. The van der Waals surface area contributed by atoms with Gasteiger partial charge in [-0.15, -0.1) is 0 Å². The van der Waals surface area contributed by atoms with Crippen molar-refractivity contribution < 1.29 is 47.6 Å². The van der Waals surface area contributed by atoms with E-state index in [9.17, 15) is 24.3 Å². The molecule has 0 aromatic carbocycles. The van der Waals surface area contributed by atoms with Gasteiger partial charge in [0.15, 0.2) is 11.4 Å². The fourth-order valence-electron chi connectivity index (χ4n) is 9.83. The maximum atomic E-state index is 14.7. The van der Waals surface area contributed by atoms with Crippen LogP contribution in [0, 0.1) is 39.9 Å². The highest BCUT2D eigenvalue weighted by Gasteiger charge is 2.90. The number of ether oxygens (including phenoxy) is 4. The monoisotopic (exact) mass is 586 g/mol. The van der Waals surface area contributed by atoms with Crippen LogP contribution in [0.3, 0.4) is 0 Å². The number of hydrogen-bond acceptors (Lipinski definition) is 10. The zero-order valence-electron chi connectivity index (χ0n) is 25.4. The summed E-state index contributed by atoms with van der Waals surface area (Å²) >= 11 is 0. The van der Waals surface area contributed by atoms with Crippen LogP contribution in [0.4, 0.5) is 0 Å². The summed E-state index contributed by atoms with van der Waals surface area (Å²) in [5.41, 5.74) is -5.30. The number of fused-ring (bicyclic) bond motifs is 5. The van der Waals surface area contributed by atoms with Crippen molar-refractivity contribution in [2.45, 2.75) is 103 Å². The van der Waals surface area contributed by atoms with E-state index in [1.165, 1.54) is 7.11 Å². The van der Waals surface area contributed by atoms with E-state index in [4.69, 9.17) is 23.4 Å². The molecule has 230 valence electrons. The molecular weight excluding hydrogens is 544 g/mol. The van der Waals surface area contributed by atoms with Gasteiger partial charge in [-0.3, -0.25) is 19.2 Å². The fraction of sp³-hybridized carbons (Fsp3) is 0.750. The molecule has 5 fully saturated rings. The summed E-state index contributed by atoms with van der Waals surface area (Å²) in [4.78, 5) is 54.0. The lowest BCUT2D eigenvalue weighted by Gasteiger charge is -2.66. The molecule has 5 unspecified atom stereocenters. The summed E-state index contributed by atoms with van der Waals surface area (Å²) in [6, 6.07) is 1.79. The van der Waals surface area contributed by atoms with Gasteiger partial charge in [-0.1, -0.05) is 41.5 Å². The largest absolute Gasteiger partial charge is 0.472 e. The standard InChI is InChI=1S/C32H42O10/c1-8-16(2)24(35)41-26-28(3,4)19(13-21(33)38-7)30(6)18-9-11-29(5)20(32(18)27(42-32)31(26,37)25(30)36)14-22(34)40-23(29)17-10-12-39-15-17/h10,12,15-16,18-20,23,26-27,37H,8-9,11,13-14H2,1-7H3/t16?,18?,19-,20?,23-,26-,27?,29+,30-,31+,32?/m0/s1. The van der Waals surface area contributed by atoms with Gasteiger partial charge >= 0.3 is 17.9 Å². The first-order valence-electron chi connectivity index (χ1n) is 15.1. The molecule has 2 saturated heterocycles. The van der Waals surface area contributed by atoms with E-state index >= 15 is 0 Å². The van der Waals surface area contributed by atoms with Gasteiger partial charge in [0, 0.05) is 40.1 Å². The van der Waals surface area contributed by atoms with E-state index in [2.05, 4.69) is 6.92 Å².